The van der Waals surface area contributed by atoms with Gasteiger partial charge in [-0.1, -0.05) is 18.2 Å². The van der Waals surface area contributed by atoms with E-state index in [0.717, 1.165) is 27.4 Å². The van der Waals surface area contributed by atoms with E-state index in [4.69, 9.17) is 9.84 Å². The summed E-state index contributed by atoms with van der Waals surface area (Å²) in [6.07, 6.45) is -0.965. The molecule has 2 aromatic heterocycles. The van der Waals surface area contributed by atoms with Gasteiger partial charge in [-0.3, -0.25) is 19.6 Å². The molecule has 9 nitrogen and oxygen atoms in total. The van der Waals surface area contributed by atoms with Gasteiger partial charge in [-0.15, -0.1) is 0 Å². The maximum Gasteiger partial charge on any atom is 0.411 e. The molecule has 1 atom stereocenters. The van der Waals surface area contributed by atoms with Gasteiger partial charge < -0.3 is 25.0 Å². The largest absolute Gasteiger partial charge is 0.480 e. The van der Waals surface area contributed by atoms with Crippen LogP contribution in [0.3, 0.4) is 0 Å². The van der Waals surface area contributed by atoms with Gasteiger partial charge in [-0.25, -0.2) is 8.78 Å². The molecule has 1 fully saturated rings. The van der Waals surface area contributed by atoms with Gasteiger partial charge in [0.15, 0.2) is 0 Å². The van der Waals surface area contributed by atoms with Gasteiger partial charge in [0.1, 0.15) is 29.8 Å². The highest BCUT2D eigenvalue weighted by atomic mass is 19.4. The molecule has 3 heterocycles. The fourth-order valence-electron chi connectivity index (χ4n) is 5.19. The van der Waals surface area contributed by atoms with Crippen LogP contribution in [-0.4, -0.2) is 79.6 Å². The van der Waals surface area contributed by atoms with Crippen LogP contribution < -0.4 is 15.1 Å². The Balaban J connectivity index is 0.000000211. The number of carboxylic acids is 1. The molecule has 5 rings (SSSR count). The van der Waals surface area contributed by atoms with Crippen molar-refractivity contribution >= 4 is 34.2 Å². The summed E-state index contributed by atoms with van der Waals surface area (Å²) in [5.41, 5.74) is 5.23. The number of amides is 1. The summed E-state index contributed by atoms with van der Waals surface area (Å²) in [6, 6.07) is 9.53. The number of ether oxygens (including phenoxy) is 1. The number of aryl methyl sites for hydroxylation is 2. The number of alkyl halides is 3. The van der Waals surface area contributed by atoms with Crippen LogP contribution in [0.15, 0.2) is 54.9 Å². The molecule has 2 N–H and O–H groups in total. The summed E-state index contributed by atoms with van der Waals surface area (Å²) < 4.78 is 72.0. The van der Waals surface area contributed by atoms with E-state index in [2.05, 4.69) is 61.0 Å². The summed E-state index contributed by atoms with van der Waals surface area (Å²) >= 11 is 0. The molecule has 0 saturated carbocycles. The molecule has 4 aromatic rings. The Hall–Kier alpha value is -4.85. The van der Waals surface area contributed by atoms with E-state index in [1.165, 1.54) is 16.5 Å². The number of aromatic nitrogens is 2. The van der Waals surface area contributed by atoms with Crippen LogP contribution in [-0.2, 0) is 9.53 Å². The third-order valence-corrected chi connectivity index (χ3v) is 7.31. The second-order valence-corrected chi connectivity index (χ2v) is 10.7. The van der Waals surface area contributed by atoms with Crippen LogP contribution in [0.4, 0.5) is 33.3 Å². The van der Waals surface area contributed by atoms with E-state index in [9.17, 15) is 31.5 Å². The number of halogens is 5. The lowest BCUT2D eigenvalue weighted by atomic mass is 10.00. The summed E-state index contributed by atoms with van der Waals surface area (Å²) in [5.74, 6) is -5.54. The average molecular weight is 646 g/mol. The van der Waals surface area contributed by atoms with Crippen LogP contribution >= 0.6 is 0 Å². The van der Waals surface area contributed by atoms with Gasteiger partial charge in [0.05, 0.1) is 30.1 Å². The molecule has 0 aliphatic carbocycles. The number of hydrogen-bond donors (Lipinski definition) is 2. The first kappa shape index (κ1) is 34.0. The SMILES string of the molecule is Cc1ccnc(-c2ccc(C)c3cccnc23)c1N(C)C.O=C(O)CNC(=O)c1c(F)cc(N2CCOCC2C(F)(F)F)cc1F. The lowest BCUT2D eigenvalue weighted by molar-refractivity contribution is -0.167. The summed E-state index contributed by atoms with van der Waals surface area (Å²) in [7, 11) is 4.11. The number of nitrogens with one attached hydrogen (secondary N) is 1. The fraction of sp³-hybridized carbons (Fsp3) is 0.312. The quantitative estimate of drug-likeness (QED) is 0.264. The van der Waals surface area contributed by atoms with E-state index in [0.29, 0.717) is 12.1 Å². The van der Waals surface area contributed by atoms with Crippen molar-refractivity contribution < 1.29 is 41.4 Å². The Morgan fingerprint density at radius 2 is 1.74 bits per heavy atom. The van der Waals surface area contributed by atoms with E-state index in [1.54, 1.807) is 5.32 Å². The lowest BCUT2D eigenvalue weighted by Gasteiger charge is -2.38. The minimum absolute atomic E-state index is 0.0589. The Morgan fingerprint density at radius 3 is 2.37 bits per heavy atom. The third-order valence-electron chi connectivity index (χ3n) is 7.31. The molecule has 46 heavy (non-hydrogen) atoms. The Morgan fingerprint density at radius 1 is 1.04 bits per heavy atom. The zero-order valence-corrected chi connectivity index (χ0v) is 25.5. The van der Waals surface area contributed by atoms with Gasteiger partial charge in [-0.05, 0) is 49.2 Å². The Kier molecular flexibility index (Phi) is 10.4. The van der Waals surface area contributed by atoms with Crippen molar-refractivity contribution in [3.05, 3.63) is 83.2 Å². The minimum atomic E-state index is -4.68. The summed E-state index contributed by atoms with van der Waals surface area (Å²) in [6.45, 7) is 2.38. The van der Waals surface area contributed by atoms with Crippen LogP contribution in [0.2, 0.25) is 0 Å². The van der Waals surface area contributed by atoms with E-state index >= 15 is 0 Å². The van der Waals surface area contributed by atoms with Crippen molar-refractivity contribution in [1.82, 2.24) is 15.3 Å². The van der Waals surface area contributed by atoms with Crippen molar-refractivity contribution in [3.63, 3.8) is 0 Å². The average Bonchev–Trinajstić information content (AvgIpc) is 2.99. The second-order valence-electron chi connectivity index (χ2n) is 10.7. The van der Waals surface area contributed by atoms with E-state index in [-0.39, 0.29) is 13.2 Å². The smallest absolute Gasteiger partial charge is 0.411 e. The van der Waals surface area contributed by atoms with Crippen molar-refractivity contribution in [3.8, 4) is 11.3 Å². The van der Waals surface area contributed by atoms with Crippen molar-refractivity contribution in [1.29, 1.82) is 0 Å². The maximum absolute atomic E-state index is 14.1. The minimum Gasteiger partial charge on any atom is -0.480 e. The predicted molar refractivity (Wildman–Crippen MR) is 163 cm³/mol. The number of carbonyl (C=O) groups is 2. The van der Waals surface area contributed by atoms with Crippen LogP contribution in [0.5, 0.6) is 0 Å². The zero-order chi connectivity index (χ0) is 33.8. The monoisotopic (exact) mass is 645 g/mol. The summed E-state index contributed by atoms with van der Waals surface area (Å²) in [4.78, 5) is 34.1. The number of hydrogen-bond acceptors (Lipinski definition) is 7. The standard InChI is InChI=1S/C18H19N3.C14H13F5N2O4/c1-12-7-8-15(16-14(12)6-5-10-19-16)17-18(21(3)4)13(2)9-11-20-17;15-8-3-7(21-1-2-25-6-10(21)14(17,18)19)4-9(16)12(8)13(24)20-5-11(22)23/h5-11H,1-4H3;3-4,10H,1-2,5-6H2,(H,20,24)(H,22,23). The lowest BCUT2D eigenvalue weighted by Crippen LogP contribution is -2.53. The molecular weight excluding hydrogens is 613 g/mol. The second kappa shape index (κ2) is 14.1. The fourth-order valence-corrected chi connectivity index (χ4v) is 5.19. The van der Waals surface area contributed by atoms with Gasteiger partial charge in [0.2, 0.25) is 0 Å². The number of anilines is 2. The van der Waals surface area contributed by atoms with Gasteiger partial charge in [-0.2, -0.15) is 13.2 Å². The summed E-state index contributed by atoms with van der Waals surface area (Å²) in [5, 5.41) is 11.4. The number of carbonyl (C=O) groups excluding carboxylic acids is 1. The Bertz CT molecular complexity index is 1730. The number of morpholine rings is 1. The highest BCUT2D eigenvalue weighted by molar-refractivity contribution is 5.98. The first-order chi connectivity index (χ1) is 21.7. The van der Waals surface area contributed by atoms with Crippen LogP contribution in [0, 0.1) is 25.5 Å². The molecule has 1 amide bonds. The number of aliphatic carboxylic acids is 1. The molecule has 1 unspecified atom stereocenters. The molecular formula is C32H32F5N5O4. The van der Waals surface area contributed by atoms with Crippen molar-refractivity contribution in [2.24, 2.45) is 0 Å². The van der Waals surface area contributed by atoms with Gasteiger partial charge in [0, 0.05) is 49.7 Å². The molecule has 1 aliphatic heterocycles. The third kappa shape index (κ3) is 7.50. The number of pyridine rings is 2. The molecule has 14 heteroatoms. The Labute approximate surface area is 261 Å². The van der Waals surface area contributed by atoms with Gasteiger partial charge in [0.25, 0.3) is 5.91 Å². The molecule has 0 radical (unpaired) electrons. The predicted octanol–water partition coefficient (Wildman–Crippen LogP) is 5.53. The first-order valence-electron chi connectivity index (χ1n) is 14.1. The maximum atomic E-state index is 14.1. The highest BCUT2D eigenvalue weighted by Gasteiger charge is 2.45. The number of fused-ring (bicyclic) bond motifs is 1. The normalized spacial score (nSPS) is 14.8. The molecule has 0 spiro atoms. The molecule has 1 aliphatic rings. The van der Waals surface area contributed by atoms with E-state index < -0.39 is 60.1 Å². The van der Waals surface area contributed by atoms with Crippen LogP contribution in [0.1, 0.15) is 21.5 Å². The molecule has 244 valence electrons. The van der Waals surface area contributed by atoms with Crippen molar-refractivity contribution in [2.75, 3.05) is 50.2 Å². The first-order valence-corrected chi connectivity index (χ1v) is 14.1. The van der Waals surface area contributed by atoms with E-state index in [1.807, 2.05) is 24.5 Å². The number of carboxylic acid groups (broad SMARTS) is 1. The number of rotatable bonds is 6. The highest BCUT2D eigenvalue weighted by Crippen LogP contribution is 2.35. The van der Waals surface area contributed by atoms with Crippen LogP contribution in [0.25, 0.3) is 22.2 Å². The van der Waals surface area contributed by atoms with Crippen molar-refractivity contribution in [2.45, 2.75) is 26.1 Å². The zero-order valence-electron chi connectivity index (χ0n) is 25.5. The van der Waals surface area contributed by atoms with Gasteiger partial charge >= 0.3 is 12.1 Å². The number of benzene rings is 2. The molecule has 2 aromatic carbocycles. The molecule has 0 bridgehead atoms. The number of nitrogens with zero attached hydrogens (tertiary/aromatic N) is 4. The topological polar surface area (TPSA) is 108 Å². The molecule has 1 saturated heterocycles.